The van der Waals surface area contributed by atoms with Gasteiger partial charge in [-0.15, -0.1) is 0 Å². The molecule has 510 valence electrons. The van der Waals surface area contributed by atoms with Gasteiger partial charge in [0.15, 0.2) is 0 Å². The van der Waals surface area contributed by atoms with Crippen LogP contribution in [0.2, 0.25) is 0 Å². The summed E-state index contributed by atoms with van der Waals surface area (Å²) in [6, 6.07) is -0.627. The van der Waals surface area contributed by atoms with Crippen LogP contribution in [0.15, 0.2) is 24.3 Å². The number of aliphatic hydroxyl groups excluding tert-OH is 2. The van der Waals surface area contributed by atoms with Crippen molar-refractivity contribution in [2.24, 2.45) is 0 Å². The number of carbonyl (C=O) groups excluding carboxylic acids is 2. The van der Waals surface area contributed by atoms with Gasteiger partial charge >= 0.3 is 5.97 Å². The second-order valence-corrected chi connectivity index (χ2v) is 27.4. The van der Waals surface area contributed by atoms with Crippen LogP contribution < -0.4 is 5.32 Å². The number of esters is 1. The Labute approximate surface area is 539 Å². The van der Waals surface area contributed by atoms with Crippen LogP contribution in [0.3, 0.4) is 0 Å². The van der Waals surface area contributed by atoms with Crippen molar-refractivity contribution in [1.29, 1.82) is 0 Å². The number of hydrogen-bond acceptors (Lipinski definition) is 5. The number of nitrogens with one attached hydrogen (secondary N) is 1. The first-order valence-electron chi connectivity index (χ1n) is 39.6. The third kappa shape index (κ3) is 71.4. The summed E-state index contributed by atoms with van der Waals surface area (Å²) in [5.74, 6) is -0.0385. The molecule has 0 aromatic carbocycles. The van der Waals surface area contributed by atoms with Crippen LogP contribution in [0.1, 0.15) is 450 Å². The Morgan fingerprint density at radius 2 is 0.547 bits per heavy atom. The molecule has 0 rings (SSSR count). The van der Waals surface area contributed by atoms with Crippen molar-refractivity contribution in [3.05, 3.63) is 24.3 Å². The number of unbranched alkanes of at least 4 members (excludes halogenated alkanes) is 62. The molecular weight excluding hydrogens is 1050 g/mol. The number of amides is 1. The lowest BCUT2D eigenvalue weighted by molar-refractivity contribution is -0.143. The summed E-state index contributed by atoms with van der Waals surface area (Å²) in [6.45, 7) is 4.96. The predicted molar refractivity (Wildman–Crippen MR) is 380 cm³/mol. The van der Waals surface area contributed by atoms with Gasteiger partial charge < -0.3 is 20.3 Å². The van der Waals surface area contributed by atoms with Gasteiger partial charge in [0.2, 0.25) is 5.91 Å². The second-order valence-electron chi connectivity index (χ2n) is 27.4. The molecule has 3 N–H and O–H groups in total. The minimum Gasteiger partial charge on any atom is -0.466 e. The van der Waals surface area contributed by atoms with Crippen LogP contribution >= 0.6 is 0 Å². The molecule has 0 heterocycles. The summed E-state index contributed by atoms with van der Waals surface area (Å²) in [5, 5.41) is 23.3. The van der Waals surface area contributed by atoms with E-state index in [-0.39, 0.29) is 18.5 Å². The van der Waals surface area contributed by atoms with Gasteiger partial charge in [-0.25, -0.2) is 0 Å². The summed E-state index contributed by atoms with van der Waals surface area (Å²) in [5.41, 5.74) is 0. The number of rotatable bonds is 75. The molecule has 86 heavy (non-hydrogen) atoms. The zero-order chi connectivity index (χ0) is 62.0. The molecule has 2 unspecified atom stereocenters. The lowest BCUT2D eigenvalue weighted by atomic mass is 10.0. The van der Waals surface area contributed by atoms with E-state index >= 15 is 0 Å². The first-order valence-corrected chi connectivity index (χ1v) is 39.6. The molecule has 6 nitrogen and oxygen atoms in total. The molecule has 0 aliphatic heterocycles. The highest BCUT2D eigenvalue weighted by molar-refractivity contribution is 5.76. The largest absolute Gasteiger partial charge is 0.466 e. The number of hydrogen-bond donors (Lipinski definition) is 3. The van der Waals surface area contributed by atoms with E-state index in [1.807, 2.05) is 6.08 Å². The van der Waals surface area contributed by atoms with Gasteiger partial charge in [0.05, 0.1) is 25.4 Å². The van der Waals surface area contributed by atoms with Gasteiger partial charge in [-0.1, -0.05) is 404 Å². The summed E-state index contributed by atoms with van der Waals surface area (Å²) >= 11 is 0. The standard InChI is InChI=1S/C80H155NO5/c1-3-5-7-9-11-13-15-17-19-20-21-22-35-38-41-45-48-52-56-60-64-68-72-78(83)77(76-82)81-79(84)73-69-65-61-57-53-49-46-42-39-36-33-31-29-27-25-23-24-26-28-30-32-34-37-40-43-47-51-55-59-63-67-71-75-86-80(85)74-70-66-62-58-54-50-44-18-16-14-12-10-8-6-4-2/h26,28,68,72,77-78,82-83H,3-25,27,29-67,69-71,73-76H2,1-2H3,(H,81,84)/b28-26-,72-68+. The Morgan fingerprint density at radius 1 is 0.314 bits per heavy atom. The highest BCUT2D eigenvalue weighted by atomic mass is 16.5. The maximum atomic E-state index is 12.5. The molecule has 0 fully saturated rings. The van der Waals surface area contributed by atoms with Gasteiger partial charge in [0, 0.05) is 12.8 Å². The van der Waals surface area contributed by atoms with E-state index in [0.717, 1.165) is 38.5 Å². The molecule has 0 aromatic heterocycles. The molecular formula is C80H155NO5. The molecule has 0 saturated heterocycles. The molecule has 6 heteroatoms. The first-order chi connectivity index (χ1) is 42.5. The molecule has 0 aromatic rings. The van der Waals surface area contributed by atoms with Crippen molar-refractivity contribution < 1.29 is 24.5 Å². The van der Waals surface area contributed by atoms with Crippen LogP contribution in [-0.4, -0.2) is 47.4 Å². The van der Waals surface area contributed by atoms with Crippen molar-refractivity contribution in [2.75, 3.05) is 13.2 Å². The zero-order valence-corrected chi connectivity index (χ0v) is 58.6. The van der Waals surface area contributed by atoms with Crippen molar-refractivity contribution >= 4 is 11.9 Å². The average Bonchev–Trinajstić information content (AvgIpc) is 3.52. The quantitative estimate of drug-likeness (QED) is 0.0320. The molecule has 0 saturated carbocycles. The van der Waals surface area contributed by atoms with Crippen molar-refractivity contribution in [3.8, 4) is 0 Å². The lowest BCUT2D eigenvalue weighted by Gasteiger charge is -2.20. The Balaban J connectivity index is 3.37. The Kier molecular flexibility index (Phi) is 74.3. The van der Waals surface area contributed by atoms with E-state index in [1.54, 1.807) is 6.08 Å². The molecule has 0 spiro atoms. The third-order valence-electron chi connectivity index (χ3n) is 18.7. The lowest BCUT2D eigenvalue weighted by Crippen LogP contribution is -2.45. The normalized spacial score (nSPS) is 12.6. The van der Waals surface area contributed by atoms with E-state index in [1.165, 1.54) is 385 Å². The molecule has 1 amide bonds. The van der Waals surface area contributed by atoms with E-state index < -0.39 is 12.1 Å². The number of ether oxygens (including phenoxy) is 1. The van der Waals surface area contributed by atoms with Crippen molar-refractivity contribution in [1.82, 2.24) is 5.32 Å². The van der Waals surface area contributed by atoms with Gasteiger partial charge in [-0.2, -0.15) is 0 Å². The number of carbonyl (C=O) groups is 2. The molecule has 0 aliphatic rings. The van der Waals surface area contributed by atoms with Gasteiger partial charge in [0.1, 0.15) is 0 Å². The molecule has 0 aliphatic carbocycles. The maximum Gasteiger partial charge on any atom is 0.305 e. The minimum atomic E-state index is -0.844. The average molecular weight is 1210 g/mol. The van der Waals surface area contributed by atoms with Gasteiger partial charge in [-0.05, 0) is 57.8 Å². The van der Waals surface area contributed by atoms with Crippen LogP contribution in [-0.2, 0) is 14.3 Å². The van der Waals surface area contributed by atoms with E-state index in [0.29, 0.717) is 19.4 Å². The number of aliphatic hydroxyl groups is 2. The van der Waals surface area contributed by atoms with Crippen molar-refractivity contribution in [3.63, 3.8) is 0 Å². The summed E-state index contributed by atoms with van der Waals surface area (Å²) < 4.78 is 5.50. The highest BCUT2D eigenvalue weighted by Gasteiger charge is 2.18. The monoisotopic (exact) mass is 1210 g/mol. The second kappa shape index (κ2) is 75.8. The van der Waals surface area contributed by atoms with Gasteiger partial charge in [-0.3, -0.25) is 9.59 Å². The fourth-order valence-electron chi connectivity index (χ4n) is 12.7. The van der Waals surface area contributed by atoms with Crippen LogP contribution in [0.4, 0.5) is 0 Å². The maximum absolute atomic E-state index is 12.5. The molecule has 2 atom stereocenters. The smallest absolute Gasteiger partial charge is 0.305 e. The zero-order valence-electron chi connectivity index (χ0n) is 58.6. The Morgan fingerprint density at radius 3 is 0.826 bits per heavy atom. The number of allylic oxidation sites excluding steroid dienone is 3. The summed E-state index contributed by atoms with van der Waals surface area (Å²) in [4.78, 5) is 24.6. The third-order valence-corrected chi connectivity index (χ3v) is 18.7. The van der Waals surface area contributed by atoms with Crippen LogP contribution in [0.5, 0.6) is 0 Å². The minimum absolute atomic E-state index is 0.0219. The fraction of sp³-hybridized carbons (Fsp3) is 0.925. The van der Waals surface area contributed by atoms with E-state index in [4.69, 9.17) is 4.74 Å². The fourth-order valence-corrected chi connectivity index (χ4v) is 12.7. The van der Waals surface area contributed by atoms with Gasteiger partial charge in [0.25, 0.3) is 0 Å². The van der Waals surface area contributed by atoms with Crippen LogP contribution in [0, 0.1) is 0 Å². The molecule has 0 bridgehead atoms. The van der Waals surface area contributed by atoms with Crippen LogP contribution in [0.25, 0.3) is 0 Å². The Bertz CT molecular complexity index is 1350. The van der Waals surface area contributed by atoms with E-state index in [2.05, 4.69) is 31.3 Å². The summed E-state index contributed by atoms with van der Waals surface area (Å²) in [7, 11) is 0. The van der Waals surface area contributed by atoms with E-state index in [9.17, 15) is 19.8 Å². The first kappa shape index (κ1) is 84.3. The Hall–Kier alpha value is -1.66. The molecule has 0 radical (unpaired) electrons. The topological polar surface area (TPSA) is 95.9 Å². The summed E-state index contributed by atoms with van der Waals surface area (Å²) in [6.07, 6.45) is 97.3. The highest BCUT2D eigenvalue weighted by Crippen LogP contribution is 2.20. The predicted octanol–water partition coefficient (Wildman–Crippen LogP) is 26.0. The SMILES string of the molecule is CCCCCCCCCCCCCCCCCCCCCC/C=C/C(O)C(CO)NC(=O)CCCCCCCCCCCCCCCCCC/C=C\CCCCCCCCCCCCCCOC(=O)CCCCCCCCCCCCCCCCC. The van der Waals surface area contributed by atoms with Crippen molar-refractivity contribution in [2.45, 2.75) is 463 Å².